The first-order valence-corrected chi connectivity index (χ1v) is 9.03. The van der Waals surface area contributed by atoms with E-state index in [9.17, 15) is 13.2 Å². The van der Waals surface area contributed by atoms with Gasteiger partial charge in [0, 0.05) is 39.1 Å². The lowest BCUT2D eigenvalue weighted by Gasteiger charge is -2.34. The van der Waals surface area contributed by atoms with E-state index in [2.05, 4.69) is 5.16 Å². The van der Waals surface area contributed by atoms with Gasteiger partial charge in [-0.15, -0.1) is 0 Å². The molecule has 2 rings (SSSR count). The molecule has 0 atom stereocenters. The van der Waals surface area contributed by atoms with Crippen LogP contribution in [0.4, 0.5) is 0 Å². The third-order valence-electron chi connectivity index (χ3n) is 3.93. The molecule has 0 N–H and O–H groups in total. The number of aromatic nitrogens is 1. The average Bonchev–Trinajstić information content (AvgIpc) is 2.84. The number of aryl methyl sites for hydroxylation is 2. The SMILES string of the molecule is Cc1noc(C)c1S(=O)(=O)N1CCN(C(=O)CCN(C)C)CC1. The molecule has 0 spiro atoms. The third-order valence-corrected chi connectivity index (χ3v) is 6.07. The number of rotatable bonds is 5. The molecule has 1 aliphatic rings. The molecule has 23 heavy (non-hydrogen) atoms. The smallest absolute Gasteiger partial charge is 0.248 e. The lowest BCUT2D eigenvalue weighted by atomic mass is 10.3. The second-order valence-electron chi connectivity index (χ2n) is 5.99. The van der Waals surface area contributed by atoms with Crippen molar-refractivity contribution in [1.82, 2.24) is 19.3 Å². The van der Waals surface area contributed by atoms with Crippen LogP contribution in [-0.4, -0.2) is 80.4 Å². The number of carbonyl (C=O) groups is 1. The third kappa shape index (κ3) is 3.91. The summed E-state index contributed by atoms with van der Waals surface area (Å²) in [5, 5.41) is 3.71. The van der Waals surface area contributed by atoms with Crippen LogP contribution in [0.15, 0.2) is 9.42 Å². The summed E-state index contributed by atoms with van der Waals surface area (Å²) in [5.74, 6) is 0.361. The van der Waals surface area contributed by atoms with Crippen LogP contribution in [0.5, 0.6) is 0 Å². The van der Waals surface area contributed by atoms with Crippen molar-refractivity contribution in [2.45, 2.75) is 25.2 Å². The van der Waals surface area contributed by atoms with E-state index < -0.39 is 10.0 Å². The Kier molecular flexibility index (Phi) is 5.43. The molecule has 130 valence electrons. The van der Waals surface area contributed by atoms with E-state index in [4.69, 9.17) is 4.52 Å². The van der Waals surface area contributed by atoms with Crippen molar-refractivity contribution in [3.05, 3.63) is 11.5 Å². The predicted octanol–water partition coefficient (Wildman–Crippen LogP) is 0.0760. The summed E-state index contributed by atoms with van der Waals surface area (Å²) in [5.41, 5.74) is 0.368. The van der Waals surface area contributed by atoms with Gasteiger partial charge >= 0.3 is 0 Å². The van der Waals surface area contributed by atoms with E-state index in [1.807, 2.05) is 19.0 Å². The minimum absolute atomic E-state index is 0.0630. The maximum absolute atomic E-state index is 12.7. The van der Waals surface area contributed by atoms with Crippen molar-refractivity contribution < 1.29 is 17.7 Å². The predicted molar refractivity (Wildman–Crippen MR) is 84.5 cm³/mol. The Bertz CT molecular complexity index is 641. The summed E-state index contributed by atoms with van der Waals surface area (Å²) in [4.78, 5) is 15.9. The van der Waals surface area contributed by atoms with Gasteiger partial charge in [-0.1, -0.05) is 5.16 Å². The van der Waals surface area contributed by atoms with Crippen molar-refractivity contribution in [2.24, 2.45) is 0 Å². The number of sulfonamides is 1. The maximum atomic E-state index is 12.7. The molecule has 0 unspecified atom stereocenters. The van der Waals surface area contributed by atoms with Gasteiger partial charge in [-0.2, -0.15) is 4.31 Å². The highest BCUT2D eigenvalue weighted by Gasteiger charge is 2.34. The summed E-state index contributed by atoms with van der Waals surface area (Å²) in [6, 6.07) is 0. The molecule has 0 radical (unpaired) electrons. The van der Waals surface area contributed by atoms with Crippen LogP contribution in [0.3, 0.4) is 0 Å². The standard InChI is InChI=1S/C14H24N4O4S/c1-11-14(12(2)22-15-11)23(20,21)18-9-7-17(8-10-18)13(19)5-6-16(3)4/h5-10H2,1-4H3. The largest absolute Gasteiger partial charge is 0.360 e. The van der Waals surface area contributed by atoms with E-state index in [1.54, 1.807) is 18.7 Å². The van der Waals surface area contributed by atoms with Crippen molar-refractivity contribution in [3.63, 3.8) is 0 Å². The highest BCUT2D eigenvalue weighted by atomic mass is 32.2. The normalized spacial score (nSPS) is 17.0. The molecule has 0 aromatic carbocycles. The Labute approximate surface area is 137 Å². The summed E-state index contributed by atoms with van der Waals surface area (Å²) in [7, 11) is 0.212. The summed E-state index contributed by atoms with van der Waals surface area (Å²) in [6.07, 6.45) is 0.448. The first kappa shape index (κ1) is 17.9. The second-order valence-corrected chi connectivity index (χ2v) is 7.87. The minimum atomic E-state index is -3.62. The van der Waals surface area contributed by atoms with Crippen LogP contribution in [0, 0.1) is 13.8 Å². The first-order valence-electron chi connectivity index (χ1n) is 7.59. The van der Waals surface area contributed by atoms with Crippen LogP contribution >= 0.6 is 0 Å². The molecule has 1 fully saturated rings. The monoisotopic (exact) mass is 344 g/mol. The number of hydrogen-bond acceptors (Lipinski definition) is 6. The average molecular weight is 344 g/mol. The van der Waals surface area contributed by atoms with E-state index in [1.165, 1.54) is 4.31 Å². The minimum Gasteiger partial charge on any atom is -0.360 e. The Morgan fingerprint density at radius 2 is 1.83 bits per heavy atom. The Morgan fingerprint density at radius 1 is 1.22 bits per heavy atom. The van der Waals surface area contributed by atoms with E-state index in [0.29, 0.717) is 50.6 Å². The van der Waals surface area contributed by atoms with Gasteiger partial charge in [0.05, 0.1) is 0 Å². The molecule has 0 saturated carbocycles. The van der Waals surface area contributed by atoms with Crippen LogP contribution in [-0.2, 0) is 14.8 Å². The Hall–Kier alpha value is -1.45. The van der Waals surface area contributed by atoms with Gasteiger partial charge in [-0.25, -0.2) is 8.42 Å². The van der Waals surface area contributed by atoms with Gasteiger partial charge in [0.15, 0.2) is 5.76 Å². The van der Waals surface area contributed by atoms with Crippen molar-refractivity contribution in [1.29, 1.82) is 0 Å². The maximum Gasteiger partial charge on any atom is 0.248 e. The number of carbonyl (C=O) groups excluding carboxylic acids is 1. The van der Waals surface area contributed by atoms with Crippen LogP contribution < -0.4 is 0 Å². The Balaban J connectivity index is 2.00. The molecule has 9 heteroatoms. The fourth-order valence-corrected chi connectivity index (χ4v) is 4.34. The number of amides is 1. The van der Waals surface area contributed by atoms with Gasteiger partial charge in [0.1, 0.15) is 10.6 Å². The van der Waals surface area contributed by atoms with Crippen molar-refractivity contribution in [2.75, 3.05) is 46.8 Å². The molecule has 1 amide bonds. The molecule has 1 aliphatic heterocycles. The highest BCUT2D eigenvalue weighted by molar-refractivity contribution is 7.89. The zero-order chi connectivity index (χ0) is 17.2. The number of nitrogens with zero attached hydrogens (tertiary/aromatic N) is 4. The van der Waals surface area contributed by atoms with Crippen LogP contribution in [0.25, 0.3) is 0 Å². The van der Waals surface area contributed by atoms with Crippen molar-refractivity contribution >= 4 is 15.9 Å². The Morgan fingerprint density at radius 3 is 2.30 bits per heavy atom. The zero-order valence-corrected chi connectivity index (χ0v) is 14.9. The fourth-order valence-electron chi connectivity index (χ4n) is 2.63. The number of piperazine rings is 1. The van der Waals surface area contributed by atoms with Gasteiger partial charge < -0.3 is 14.3 Å². The lowest BCUT2D eigenvalue weighted by Crippen LogP contribution is -2.50. The van der Waals surface area contributed by atoms with Gasteiger partial charge in [-0.3, -0.25) is 4.79 Å². The fraction of sp³-hybridized carbons (Fsp3) is 0.714. The molecular formula is C14H24N4O4S. The molecule has 0 bridgehead atoms. The highest BCUT2D eigenvalue weighted by Crippen LogP contribution is 2.24. The van der Waals surface area contributed by atoms with Gasteiger partial charge in [-0.05, 0) is 27.9 Å². The molecular weight excluding hydrogens is 320 g/mol. The van der Waals surface area contributed by atoms with Crippen LogP contribution in [0.2, 0.25) is 0 Å². The second kappa shape index (κ2) is 6.98. The van der Waals surface area contributed by atoms with E-state index in [-0.39, 0.29) is 10.8 Å². The quantitative estimate of drug-likeness (QED) is 0.752. The molecule has 2 heterocycles. The van der Waals surface area contributed by atoms with E-state index >= 15 is 0 Å². The van der Waals surface area contributed by atoms with Gasteiger partial charge in [0.2, 0.25) is 15.9 Å². The number of hydrogen-bond donors (Lipinski definition) is 0. The summed E-state index contributed by atoms with van der Waals surface area (Å²) in [6.45, 7) is 5.30. The molecule has 1 saturated heterocycles. The van der Waals surface area contributed by atoms with Gasteiger partial charge in [0.25, 0.3) is 0 Å². The topological polar surface area (TPSA) is 87.0 Å². The first-order chi connectivity index (χ1) is 10.7. The van der Waals surface area contributed by atoms with Crippen LogP contribution in [0.1, 0.15) is 17.9 Å². The molecule has 0 aliphatic carbocycles. The van der Waals surface area contributed by atoms with E-state index in [0.717, 1.165) is 0 Å². The zero-order valence-electron chi connectivity index (χ0n) is 14.1. The summed E-state index contributed by atoms with van der Waals surface area (Å²) >= 11 is 0. The lowest BCUT2D eigenvalue weighted by molar-refractivity contribution is -0.132. The molecule has 1 aromatic heterocycles. The summed E-state index contributed by atoms with van der Waals surface area (Å²) < 4.78 is 31.8. The molecule has 8 nitrogen and oxygen atoms in total. The van der Waals surface area contributed by atoms with Crippen molar-refractivity contribution in [3.8, 4) is 0 Å². The molecule has 1 aromatic rings.